The van der Waals surface area contributed by atoms with E-state index in [4.69, 9.17) is 4.74 Å². The molecule has 2 aliphatic rings. The fourth-order valence-corrected chi connectivity index (χ4v) is 3.20. The molecule has 1 heterocycles. The molecule has 1 aliphatic carbocycles. The molecule has 1 fully saturated rings. The minimum atomic E-state index is -1.10. The Morgan fingerprint density at radius 2 is 1.78 bits per heavy atom. The van der Waals surface area contributed by atoms with Crippen molar-refractivity contribution in [2.45, 2.75) is 52.1 Å². The number of fused-ring (bicyclic) bond motifs is 1. The molecule has 27 heavy (non-hydrogen) atoms. The van der Waals surface area contributed by atoms with Crippen molar-refractivity contribution in [2.24, 2.45) is 17.8 Å². The second kappa shape index (κ2) is 7.91. The molecule has 0 radical (unpaired) electrons. The third-order valence-electron chi connectivity index (χ3n) is 5.40. The van der Waals surface area contributed by atoms with Crippen molar-refractivity contribution in [3.05, 3.63) is 12.2 Å². The predicted molar refractivity (Wildman–Crippen MR) is 94.6 cm³/mol. The number of carbonyl (C=O) groups excluding carboxylic acids is 4. The molecule has 0 spiro atoms. The molecule has 1 N–H and O–H groups in total. The van der Waals surface area contributed by atoms with Crippen molar-refractivity contribution in [2.75, 3.05) is 6.61 Å². The molecule has 8 heteroatoms. The van der Waals surface area contributed by atoms with E-state index in [-0.39, 0.29) is 17.7 Å². The number of carbonyl (C=O) groups is 4. The lowest BCUT2D eigenvalue weighted by molar-refractivity contribution is -0.159. The summed E-state index contributed by atoms with van der Waals surface area (Å²) < 4.78 is 4.98. The Bertz CT molecular complexity index is 697. The van der Waals surface area contributed by atoms with E-state index in [0.29, 0.717) is 12.8 Å². The van der Waals surface area contributed by atoms with E-state index in [0.717, 1.165) is 4.90 Å². The van der Waals surface area contributed by atoms with Gasteiger partial charge in [0.1, 0.15) is 11.6 Å². The SMILES string of the molecule is CC(C)[C@](C)(C#N)NC(=O)COC(=O)[C@H](C)N1C(=O)[C@H]2CC=CC[C@@H]2C1=O. The maximum atomic E-state index is 12.5. The van der Waals surface area contributed by atoms with Crippen molar-refractivity contribution < 1.29 is 23.9 Å². The first kappa shape index (κ1) is 20.6. The Morgan fingerprint density at radius 1 is 1.26 bits per heavy atom. The number of nitriles is 1. The summed E-state index contributed by atoms with van der Waals surface area (Å²) in [4.78, 5) is 50.2. The molecule has 4 atom stereocenters. The first-order valence-electron chi connectivity index (χ1n) is 9.03. The number of esters is 1. The van der Waals surface area contributed by atoms with Crippen LogP contribution in [0.25, 0.3) is 0 Å². The lowest BCUT2D eigenvalue weighted by Gasteiger charge is -2.27. The summed E-state index contributed by atoms with van der Waals surface area (Å²) in [5, 5.41) is 11.7. The van der Waals surface area contributed by atoms with E-state index < -0.39 is 41.9 Å². The number of rotatable bonds is 6. The van der Waals surface area contributed by atoms with E-state index in [2.05, 4.69) is 5.32 Å². The Hall–Kier alpha value is -2.69. The van der Waals surface area contributed by atoms with Gasteiger partial charge >= 0.3 is 5.97 Å². The minimum absolute atomic E-state index is 0.141. The van der Waals surface area contributed by atoms with Crippen LogP contribution in [0.2, 0.25) is 0 Å². The van der Waals surface area contributed by atoms with Crippen LogP contribution in [0.1, 0.15) is 40.5 Å². The number of imide groups is 1. The van der Waals surface area contributed by atoms with Crippen LogP contribution in [0.5, 0.6) is 0 Å². The van der Waals surface area contributed by atoms with Crippen LogP contribution in [-0.2, 0) is 23.9 Å². The summed E-state index contributed by atoms with van der Waals surface area (Å²) in [5.41, 5.74) is -1.08. The molecular formula is C19H25N3O5. The van der Waals surface area contributed by atoms with Gasteiger partial charge in [0.2, 0.25) is 11.8 Å². The largest absolute Gasteiger partial charge is 0.454 e. The Labute approximate surface area is 158 Å². The van der Waals surface area contributed by atoms with E-state index in [9.17, 15) is 24.4 Å². The molecule has 0 aromatic heterocycles. The van der Waals surface area contributed by atoms with Crippen molar-refractivity contribution in [1.29, 1.82) is 5.26 Å². The minimum Gasteiger partial charge on any atom is -0.454 e. The first-order chi connectivity index (χ1) is 12.6. The summed E-state index contributed by atoms with van der Waals surface area (Å²) in [5.74, 6) is -3.20. The van der Waals surface area contributed by atoms with E-state index in [1.165, 1.54) is 6.92 Å². The Kier molecular flexibility index (Phi) is 6.04. The summed E-state index contributed by atoms with van der Waals surface area (Å²) in [6.45, 7) is 5.98. The molecule has 0 aromatic rings. The summed E-state index contributed by atoms with van der Waals surface area (Å²) in [7, 11) is 0. The topological polar surface area (TPSA) is 117 Å². The van der Waals surface area contributed by atoms with Gasteiger partial charge in [-0.2, -0.15) is 5.26 Å². The monoisotopic (exact) mass is 375 g/mol. The number of ether oxygens (including phenoxy) is 1. The summed E-state index contributed by atoms with van der Waals surface area (Å²) in [6, 6.07) is 0.927. The van der Waals surface area contributed by atoms with Crippen LogP contribution >= 0.6 is 0 Å². The fraction of sp³-hybridized carbons (Fsp3) is 0.632. The molecule has 3 amide bonds. The number of nitrogens with zero attached hydrogens (tertiary/aromatic N) is 2. The molecule has 0 aromatic carbocycles. The van der Waals surface area contributed by atoms with Gasteiger partial charge in [-0.15, -0.1) is 0 Å². The molecule has 0 unspecified atom stereocenters. The molecule has 8 nitrogen and oxygen atoms in total. The van der Waals surface area contributed by atoms with E-state index in [1.807, 2.05) is 18.2 Å². The van der Waals surface area contributed by atoms with Crippen LogP contribution in [-0.4, -0.2) is 46.8 Å². The number of nitrogens with one attached hydrogen (secondary N) is 1. The van der Waals surface area contributed by atoms with Gasteiger partial charge in [-0.1, -0.05) is 26.0 Å². The van der Waals surface area contributed by atoms with E-state index in [1.54, 1.807) is 20.8 Å². The summed E-state index contributed by atoms with van der Waals surface area (Å²) >= 11 is 0. The van der Waals surface area contributed by atoms with Gasteiger partial charge in [-0.05, 0) is 32.6 Å². The lowest BCUT2D eigenvalue weighted by Crippen LogP contribution is -2.51. The zero-order chi connectivity index (χ0) is 20.4. The van der Waals surface area contributed by atoms with Gasteiger partial charge in [-0.3, -0.25) is 19.3 Å². The maximum absolute atomic E-state index is 12.5. The molecule has 0 bridgehead atoms. The lowest BCUT2D eigenvalue weighted by atomic mass is 9.85. The molecule has 1 saturated heterocycles. The van der Waals surface area contributed by atoms with Crippen LogP contribution in [0.3, 0.4) is 0 Å². The van der Waals surface area contributed by atoms with Crippen LogP contribution in [0, 0.1) is 29.1 Å². The number of hydrogen-bond donors (Lipinski definition) is 1. The fourth-order valence-electron chi connectivity index (χ4n) is 3.20. The third-order valence-corrected chi connectivity index (χ3v) is 5.40. The highest BCUT2D eigenvalue weighted by atomic mass is 16.5. The van der Waals surface area contributed by atoms with E-state index >= 15 is 0 Å². The third kappa shape index (κ3) is 4.02. The number of allylic oxidation sites excluding steroid dienone is 2. The van der Waals surface area contributed by atoms with Crippen LogP contribution < -0.4 is 5.32 Å². The zero-order valence-electron chi connectivity index (χ0n) is 16.0. The van der Waals surface area contributed by atoms with Gasteiger partial charge in [-0.25, -0.2) is 4.79 Å². The number of amides is 3. The molecule has 1 aliphatic heterocycles. The number of hydrogen-bond acceptors (Lipinski definition) is 6. The molecule has 2 rings (SSSR count). The zero-order valence-corrected chi connectivity index (χ0v) is 16.0. The highest BCUT2D eigenvalue weighted by Crippen LogP contribution is 2.36. The van der Waals surface area contributed by atoms with Crippen LogP contribution in [0.15, 0.2) is 12.2 Å². The van der Waals surface area contributed by atoms with Crippen molar-refractivity contribution >= 4 is 23.7 Å². The Balaban J connectivity index is 1.94. The second-order valence-electron chi connectivity index (χ2n) is 7.50. The van der Waals surface area contributed by atoms with Gasteiger partial charge < -0.3 is 10.1 Å². The normalized spacial score (nSPS) is 24.8. The molecule has 146 valence electrons. The smallest absolute Gasteiger partial charge is 0.329 e. The van der Waals surface area contributed by atoms with Gasteiger partial charge in [0.15, 0.2) is 6.61 Å². The average molecular weight is 375 g/mol. The van der Waals surface area contributed by atoms with Gasteiger partial charge in [0, 0.05) is 0 Å². The maximum Gasteiger partial charge on any atom is 0.329 e. The van der Waals surface area contributed by atoms with Gasteiger partial charge in [0.05, 0.1) is 17.9 Å². The number of likely N-dealkylation sites (tertiary alicyclic amines) is 1. The summed E-state index contributed by atoms with van der Waals surface area (Å²) in [6.07, 6.45) is 4.70. The standard InChI is InChI=1S/C19H25N3O5/c1-11(2)19(4,10-20)21-15(23)9-27-18(26)12(3)22-16(24)13-7-5-6-8-14(13)17(22)25/h5-6,11-14H,7-9H2,1-4H3,(H,21,23)/t12-,13-,14-,19-/m0/s1. The molecular weight excluding hydrogens is 350 g/mol. The van der Waals surface area contributed by atoms with Crippen molar-refractivity contribution in [3.8, 4) is 6.07 Å². The highest BCUT2D eigenvalue weighted by molar-refractivity contribution is 6.08. The quantitative estimate of drug-likeness (QED) is 0.419. The molecule has 0 saturated carbocycles. The van der Waals surface area contributed by atoms with Crippen molar-refractivity contribution in [1.82, 2.24) is 10.2 Å². The van der Waals surface area contributed by atoms with Crippen molar-refractivity contribution in [3.63, 3.8) is 0 Å². The average Bonchev–Trinajstić information content (AvgIpc) is 2.90. The first-order valence-corrected chi connectivity index (χ1v) is 9.03. The highest BCUT2D eigenvalue weighted by Gasteiger charge is 2.50. The Morgan fingerprint density at radius 3 is 2.22 bits per heavy atom. The van der Waals surface area contributed by atoms with Crippen LogP contribution in [0.4, 0.5) is 0 Å². The second-order valence-corrected chi connectivity index (χ2v) is 7.50. The predicted octanol–water partition coefficient (Wildman–Crippen LogP) is 0.924. The van der Waals surface area contributed by atoms with Gasteiger partial charge in [0.25, 0.3) is 5.91 Å².